The number of nitrogens with zero attached hydrogens (tertiary/aromatic N) is 1. The fourth-order valence-electron chi connectivity index (χ4n) is 8.53. The van der Waals surface area contributed by atoms with E-state index in [-0.39, 0.29) is 32.0 Å². The quantitative estimate of drug-likeness (QED) is 0.0211. The van der Waals surface area contributed by atoms with Gasteiger partial charge in [0.2, 0.25) is 0 Å². The summed E-state index contributed by atoms with van der Waals surface area (Å²) < 4.78 is 34.6. The minimum Gasteiger partial charge on any atom is -0.462 e. The maximum atomic E-state index is 12.8. The van der Waals surface area contributed by atoms with Crippen LogP contribution in [0.1, 0.15) is 258 Å². The van der Waals surface area contributed by atoms with Crippen LogP contribution in [0.4, 0.5) is 0 Å². The first kappa shape index (κ1) is 76.4. The molecule has 0 aliphatic heterocycles. The highest BCUT2D eigenvalue weighted by atomic mass is 31.2. The Bertz CT molecular complexity index is 1760. The van der Waals surface area contributed by atoms with Crippen LogP contribution in [0.5, 0.6) is 0 Å². The molecule has 0 bridgehead atoms. The zero-order chi connectivity index (χ0) is 58.4. The van der Waals surface area contributed by atoms with Crippen LogP contribution in [0.3, 0.4) is 0 Å². The van der Waals surface area contributed by atoms with E-state index in [1.54, 1.807) is 0 Å². The predicted octanol–water partition coefficient (Wildman–Crippen LogP) is 20.7. The van der Waals surface area contributed by atoms with Crippen molar-refractivity contribution in [1.82, 2.24) is 0 Å². The van der Waals surface area contributed by atoms with Crippen LogP contribution >= 0.6 is 7.82 Å². The van der Waals surface area contributed by atoms with Crippen molar-refractivity contribution in [3.63, 3.8) is 0 Å². The first-order valence-electron chi connectivity index (χ1n) is 32.3. The first-order valence-corrected chi connectivity index (χ1v) is 33.8. The Morgan fingerprint density at radius 3 is 1.06 bits per heavy atom. The van der Waals surface area contributed by atoms with E-state index in [1.165, 1.54) is 116 Å². The molecule has 0 saturated carbocycles. The Balaban J connectivity index is 4.18. The number of ether oxygens (including phenoxy) is 2. The monoisotopic (exact) mass is 1130 g/mol. The molecular formula is C70H121NO8P+. The third kappa shape index (κ3) is 63.6. The molecule has 9 nitrogen and oxygen atoms in total. The molecule has 2 atom stereocenters. The van der Waals surface area contributed by atoms with Crippen LogP contribution in [0.15, 0.2) is 122 Å². The largest absolute Gasteiger partial charge is 0.472 e. The summed E-state index contributed by atoms with van der Waals surface area (Å²) in [6, 6.07) is 0. The van der Waals surface area contributed by atoms with E-state index >= 15 is 0 Å². The molecule has 0 aliphatic rings. The normalized spacial score (nSPS) is 14.0. The van der Waals surface area contributed by atoms with Gasteiger partial charge < -0.3 is 18.9 Å². The number of hydrogen-bond donors (Lipinski definition) is 1. The molecule has 0 radical (unpaired) electrons. The number of carbonyl (C=O) groups excluding carboxylic acids is 2. The van der Waals surface area contributed by atoms with Crippen molar-refractivity contribution in [1.29, 1.82) is 0 Å². The fourth-order valence-corrected chi connectivity index (χ4v) is 9.27. The van der Waals surface area contributed by atoms with Gasteiger partial charge in [-0.2, -0.15) is 0 Å². The number of hydrogen-bond acceptors (Lipinski definition) is 7. The van der Waals surface area contributed by atoms with Gasteiger partial charge in [0.1, 0.15) is 19.8 Å². The minimum atomic E-state index is -4.40. The average Bonchev–Trinajstić information content (AvgIpc) is 3.42. The highest BCUT2D eigenvalue weighted by Gasteiger charge is 2.27. The Morgan fingerprint density at radius 2 is 0.713 bits per heavy atom. The summed E-state index contributed by atoms with van der Waals surface area (Å²) in [7, 11) is 1.45. The van der Waals surface area contributed by atoms with Gasteiger partial charge in [-0.1, -0.05) is 257 Å². The van der Waals surface area contributed by atoms with Gasteiger partial charge in [-0.25, -0.2) is 4.57 Å². The lowest BCUT2D eigenvalue weighted by Crippen LogP contribution is -2.37. The lowest BCUT2D eigenvalue weighted by molar-refractivity contribution is -0.870. The van der Waals surface area contributed by atoms with Crippen LogP contribution < -0.4 is 0 Å². The molecule has 1 N–H and O–H groups in total. The molecule has 10 heteroatoms. The lowest BCUT2D eigenvalue weighted by Gasteiger charge is -2.24. The Labute approximate surface area is 492 Å². The number of phosphoric acid groups is 1. The molecule has 0 aromatic heterocycles. The summed E-state index contributed by atoms with van der Waals surface area (Å²) in [6.45, 7) is 4.29. The maximum absolute atomic E-state index is 12.8. The number of allylic oxidation sites excluding steroid dienone is 20. The van der Waals surface area contributed by atoms with E-state index in [1.807, 2.05) is 21.1 Å². The fraction of sp³-hybridized carbons (Fsp3) is 0.686. The molecule has 0 heterocycles. The average molecular weight is 1140 g/mol. The maximum Gasteiger partial charge on any atom is 0.472 e. The van der Waals surface area contributed by atoms with Gasteiger partial charge in [0.25, 0.3) is 0 Å². The molecule has 0 aromatic rings. The topological polar surface area (TPSA) is 108 Å². The molecule has 80 heavy (non-hydrogen) atoms. The molecule has 0 amide bonds. The van der Waals surface area contributed by atoms with Gasteiger partial charge in [0.05, 0.1) is 27.7 Å². The van der Waals surface area contributed by atoms with E-state index in [4.69, 9.17) is 18.5 Å². The van der Waals surface area contributed by atoms with Crippen molar-refractivity contribution in [3.8, 4) is 0 Å². The smallest absolute Gasteiger partial charge is 0.462 e. The van der Waals surface area contributed by atoms with Crippen molar-refractivity contribution in [3.05, 3.63) is 122 Å². The molecule has 0 aromatic carbocycles. The number of likely N-dealkylation sites (N-methyl/N-ethyl adjacent to an activating group) is 1. The van der Waals surface area contributed by atoms with E-state index < -0.39 is 26.5 Å². The van der Waals surface area contributed by atoms with E-state index in [2.05, 4.69) is 135 Å². The highest BCUT2D eigenvalue weighted by molar-refractivity contribution is 7.47. The van der Waals surface area contributed by atoms with Gasteiger partial charge in [-0.15, -0.1) is 0 Å². The Hall–Kier alpha value is -3.59. The number of esters is 2. The Kier molecular flexibility index (Phi) is 57.3. The highest BCUT2D eigenvalue weighted by Crippen LogP contribution is 2.43. The van der Waals surface area contributed by atoms with Crippen molar-refractivity contribution in [2.45, 2.75) is 264 Å². The van der Waals surface area contributed by atoms with Crippen LogP contribution in [0.25, 0.3) is 0 Å². The van der Waals surface area contributed by atoms with E-state index in [9.17, 15) is 19.0 Å². The summed E-state index contributed by atoms with van der Waals surface area (Å²) in [5, 5.41) is 0. The minimum absolute atomic E-state index is 0.0213. The third-order valence-corrected chi connectivity index (χ3v) is 14.5. The van der Waals surface area contributed by atoms with E-state index in [0.717, 1.165) is 109 Å². The second-order valence-electron chi connectivity index (χ2n) is 22.4. The zero-order valence-corrected chi connectivity index (χ0v) is 52.9. The van der Waals surface area contributed by atoms with Crippen molar-refractivity contribution in [2.75, 3.05) is 47.5 Å². The molecule has 0 saturated heterocycles. The van der Waals surface area contributed by atoms with Crippen molar-refractivity contribution < 1.29 is 42.1 Å². The standard InChI is InChI=1S/C70H120NO8P/c1-6-8-10-12-14-16-18-20-22-24-26-28-30-32-34-35-37-38-40-42-44-46-48-50-52-54-56-58-60-62-69(72)76-66-68(67-78-80(74,75)77-65-64-71(3,4)5)79-70(73)63-61-59-57-55-53-51-49-47-45-43-41-39-36-33-31-29-27-25-23-21-19-17-15-13-11-9-7-2/h9,11,15,17-18,20-21,23-24,26-27,29-30,32-33,36,41,43,47,49,68H,6-8,10,12-14,16,19,22,25,28,31,34-35,37-40,42,44-46,48,50-67H2,1-5H3/p+1/b11-9-,17-15-,20-18-,23-21-,26-24-,29-27-,32-30-,36-33-,43-41-,49-47-. The lowest BCUT2D eigenvalue weighted by atomic mass is 10.0. The number of rotatable bonds is 58. The first-order chi connectivity index (χ1) is 39.0. The van der Waals surface area contributed by atoms with Gasteiger partial charge in [-0.05, 0) is 109 Å². The number of phosphoric ester groups is 1. The number of quaternary nitrogens is 1. The Morgan fingerprint density at radius 1 is 0.400 bits per heavy atom. The second kappa shape index (κ2) is 60.0. The predicted molar refractivity (Wildman–Crippen MR) is 344 cm³/mol. The van der Waals surface area contributed by atoms with Crippen LogP contribution in [0.2, 0.25) is 0 Å². The SMILES string of the molecule is CC/C=C\C/C=C\C/C=C\C/C=C\C/C=C\C/C=C\C/C=C\CCCCCCCC(=O)OC(COC(=O)CCCCCCCCCCCCCCCC/C=C\C/C=C\C/C=C\CCCCCCC)COP(=O)(O)OCC[N+](C)(C)C. The van der Waals surface area contributed by atoms with Gasteiger partial charge in [0, 0.05) is 12.8 Å². The number of unbranched alkanes of at least 4 members (excludes halogenated alkanes) is 24. The summed E-state index contributed by atoms with van der Waals surface area (Å²) in [6.07, 6.45) is 85.6. The second-order valence-corrected chi connectivity index (χ2v) is 23.9. The van der Waals surface area contributed by atoms with Gasteiger partial charge >= 0.3 is 19.8 Å². The molecular weight excluding hydrogens is 1010 g/mol. The summed E-state index contributed by atoms with van der Waals surface area (Å²) in [5.41, 5.74) is 0. The third-order valence-electron chi connectivity index (χ3n) is 13.5. The van der Waals surface area contributed by atoms with Gasteiger partial charge in [-0.3, -0.25) is 18.6 Å². The molecule has 0 aliphatic carbocycles. The van der Waals surface area contributed by atoms with Crippen molar-refractivity contribution in [2.24, 2.45) is 0 Å². The van der Waals surface area contributed by atoms with Crippen LogP contribution in [-0.4, -0.2) is 74.9 Å². The summed E-state index contributed by atoms with van der Waals surface area (Å²) in [4.78, 5) is 35.8. The molecule has 0 rings (SSSR count). The van der Waals surface area contributed by atoms with E-state index in [0.29, 0.717) is 17.4 Å². The number of carbonyl (C=O) groups is 2. The van der Waals surface area contributed by atoms with Crippen LogP contribution in [0, 0.1) is 0 Å². The summed E-state index contributed by atoms with van der Waals surface area (Å²) in [5.74, 6) is -0.824. The van der Waals surface area contributed by atoms with Crippen molar-refractivity contribution >= 4 is 19.8 Å². The molecule has 2 unspecified atom stereocenters. The zero-order valence-electron chi connectivity index (χ0n) is 52.0. The van der Waals surface area contributed by atoms with Crippen LogP contribution in [-0.2, 0) is 32.7 Å². The summed E-state index contributed by atoms with van der Waals surface area (Å²) >= 11 is 0. The molecule has 458 valence electrons. The molecule has 0 fully saturated rings. The van der Waals surface area contributed by atoms with Gasteiger partial charge in [0.15, 0.2) is 6.10 Å². The molecule has 0 spiro atoms.